The van der Waals surface area contributed by atoms with Gasteiger partial charge in [-0.15, -0.1) is 0 Å². The summed E-state index contributed by atoms with van der Waals surface area (Å²) >= 11 is 0. The Hall–Kier alpha value is -2.58. The van der Waals surface area contributed by atoms with Crippen molar-refractivity contribution < 1.29 is 4.74 Å². The van der Waals surface area contributed by atoms with Gasteiger partial charge in [0.1, 0.15) is 17.5 Å². The van der Waals surface area contributed by atoms with E-state index in [1.807, 2.05) is 18.2 Å². The summed E-state index contributed by atoms with van der Waals surface area (Å²) in [5.74, 6) is 0.406. The van der Waals surface area contributed by atoms with Crippen LogP contribution in [0, 0.1) is 11.3 Å². The molecule has 23 heavy (non-hydrogen) atoms. The molecule has 5 heteroatoms. The quantitative estimate of drug-likeness (QED) is 0.864. The second-order valence-electron chi connectivity index (χ2n) is 5.99. The first-order valence-electron chi connectivity index (χ1n) is 7.96. The molecule has 0 atom stereocenters. The van der Waals surface area contributed by atoms with Crippen LogP contribution in [0.2, 0.25) is 0 Å². The first-order valence-corrected chi connectivity index (χ1v) is 7.96. The fraction of sp³-hybridized carbons (Fsp3) is 0.333. The predicted octanol–water partition coefficient (Wildman–Crippen LogP) is 2.39. The maximum Gasteiger partial charge on any atom is 0.144 e. The van der Waals surface area contributed by atoms with Gasteiger partial charge in [0, 0.05) is 5.57 Å². The summed E-state index contributed by atoms with van der Waals surface area (Å²) in [5, 5.41) is 16.0. The summed E-state index contributed by atoms with van der Waals surface area (Å²) in [6, 6.07) is 8.50. The Balaban J connectivity index is 1.87. The third-order valence-electron chi connectivity index (χ3n) is 4.64. The Morgan fingerprint density at radius 3 is 3.00 bits per heavy atom. The molecule has 0 saturated heterocycles. The third-order valence-corrected chi connectivity index (χ3v) is 4.64. The second-order valence-corrected chi connectivity index (χ2v) is 5.99. The molecule has 0 unspecified atom stereocenters. The summed E-state index contributed by atoms with van der Waals surface area (Å²) in [7, 11) is 0. The van der Waals surface area contributed by atoms with Crippen molar-refractivity contribution in [2.45, 2.75) is 25.7 Å². The molecule has 1 aromatic carbocycles. The molecule has 116 valence electrons. The molecule has 1 aromatic rings. The number of nitrogens with zero attached hydrogens (tertiary/aromatic N) is 3. The van der Waals surface area contributed by atoms with Crippen molar-refractivity contribution in [1.29, 1.82) is 5.26 Å². The smallest absolute Gasteiger partial charge is 0.144 e. The summed E-state index contributed by atoms with van der Waals surface area (Å²) in [6.45, 7) is 0.906. The Labute approximate surface area is 135 Å². The SMILES string of the molecule is N#CC1=C(N)N(c2cccc3c2CCCC3)N=C2COCC=C21. The van der Waals surface area contributed by atoms with Crippen molar-refractivity contribution in [3.63, 3.8) is 0 Å². The van der Waals surface area contributed by atoms with Crippen molar-refractivity contribution in [3.05, 3.63) is 52.4 Å². The lowest BCUT2D eigenvalue weighted by molar-refractivity contribution is 0.199. The molecule has 0 spiro atoms. The normalized spacial score (nSPS) is 20.2. The highest BCUT2D eigenvalue weighted by Crippen LogP contribution is 2.35. The van der Waals surface area contributed by atoms with E-state index < -0.39 is 0 Å². The Kier molecular flexibility index (Phi) is 3.40. The highest BCUT2D eigenvalue weighted by atomic mass is 16.5. The lowest BCUT2D eigenvalue weighted by Crippen LogP contribution is -2.35. The Morgan fingerprint density at radius 2 is 2.13 bits per heavy atom. The van der Waals surface area contributed by atoms with Gasteiger partial charge in [0.05, 0.1) is 24.6 Å². The molecule has 3 aliphatic rings. The van der Waals surface area contributed by atoms with Crippen LogP contribution in [0.5, 0.6) is 0 Å². The zero-order valence-electron chi connectivity index (χ0n) is 12.9. The number of nitrogens with two attached hydrogens (primary N) is 1. The number of aryl methyl sites for hydroxylation is 1. The van der Waals surface area contributed by atoms with Gasteiger partial charge >= 0.3 is 0 Å². The van der Waals surface area contributed by atoms with Crippen molar-refractivity contribution in [3.8, 4) is 6.07 Å². The molecule has 5 nitrogen and oxygen atoms in total. The number of hydrogen-bond acceptors (Lipinski definition) is 5. The van der Waals surface area contributed by atoms with Crippen LogP contribution in [0.1, 0.15) is 24.0 Å². The zero-order valence-corrected chi connectivity index (χ0v) is 12.9. The lowest BCUT2D eigenvalue weighted by atomic mass is 9.90. The number of allylic oxidation sites excluding steroid dienone is 1. The van der Waals surface area contributed by atoms with Crippen LogP contribution in [0.15, 0.2) is 46.3 Å². The van der Waals surface area contributed by atoms with Gasteiger partial charge in [-0.3, -0.25) is 0 Å². The van der Waals surface area contributed by atoms with Crippen molar-refractivity contribution in [1.82, 2.24) is 0 Å². The topological polar surface area (TPSA) is 74.6 Å². The molecule has 0 saturated carbocycles. The van der Waals surface area contributed by atoms with Crippen LogP contribution in [0.4, 0.5) is 5.69 Å². The molecule has 2 N–H and O–H groups in total. The third kappa shape index (κ3) is 2.23. The minimum absolute atomic E-state index is 0.406. The molecule has 1 aliphatic carbocycles. The van der Waals surface area contributed by atoms with Crippen LogP contribution < -0.4 is 10.7 Å². The fourth-order valence-electron chi connectivity index (χ4n) is 3.50. The van der Waals surface area contributed by atoms with Gasteiger partial charge in [0.2, 0.25) is 0 Å². The maximum absolute atomic E-state index is 9.55. The Morgan fingerprint density at radius 1 is 1.26 bits per heavy atom. The largest absolute Gasteiger partial charge is 0.383 e. The molecule has 0 fully saturated rings. The van der Waals surface area contributed by atoms with E-state index >= 15 is 0 Å². The lowest BCUT2D eigenvalue weighted by Gasteiger charge is -2.31. The number of fused-ring (bicyclic) bond motifs is 2. The van der Waals surface area contributed by atoms with Crippen LogP contribution in [-0.4, -0.2) is 18.9 Å². The molecular weight excluding hydrogens is 288 g/mol. The molecule has 0 bridgehead atoms. The molecular formula is C18H18N4O. The fourth-order valence-corrected chi connectivity index (χ4v) is 3.50. The van der Waals surface area contributed by atoms with Gasteiger partial charge in [-0.1, -0.05) is 12.1 Å². The first kappa shape index (κ1) is 14.0. The summed E-state index contributed by atoms with van der Waals surface area (Å²) in [6.07, 6.45) is 6.40. The van der Waals surface area contributed by atoms with Crippen LogP contribution in [-0.2, 0) is 17.6 Å². The zero-order chi connectivity index (χ0) is 15.8. The van der Waals surface area contributed by atoms with Crippen LogP contribution in [0.3, 0.4) is 0 Å². The average Bonchev–Trinajstić information content (AvgIpc) is 2.61. The highest BCUT2D eigenvalue weighted by molar-refractivity contribution is 6.08. The van der Waals surface area contributed by atoms with E-state index in [0.717, 1.165) is 29.8 Å². The number of rotatable bonds is 1. The highest BCUT2D eigenvalue weighted by Gasteiger charge is 2.29. The molecule has 2 heterocycles. The van der Waals surface area contributed by atoms with Crippen LogP contribution >= 0.6 is 0 Å². The summed E-state index contributed by atoms with van der Waals surface area (Å²) in [5.41, 5.74) is 12.0. The number of hydrazone groups is 1. The minimum atomic E-state index is 0.406. The van der Waals surface area contributed by atoms with E-state index in [-0.39, 0.29) is 0 Å². The molecule has 0 radical (unpaired) electrons. The minimum Gasteiger partial charge on any atom is -0.383 e. The van der Waals surface area contributed by atoms with E-state index in [0.29, 0.717) is 24.6 Å². The van der Waals surface area contributed by atoms with Gasteiger partial charge < -0.3 is 10.5 Å². The molecule has 4 rings (SSSR count). The van der Waals surface area contributed by atoms with Crippen molar-refractivity contribution in [2.24, 2.45) is 10.8 Å². The van der Waals surface area contributed by atoms with Crippen molar-refractivity contribution in [2.75, 3.05) is 18.2 Å². The van der Waals surface area contributed by atoms with E-state index in [1.165, 1.54) is 24.0 Å². The number of benzene rings is 1. The van der Waals surface area contributed by atoms with E-state index in [4.69, 9.17) is 10.5 Å². The second kappa shape index (κ2) is 5.56. The first-order chi connectivity index (χ1) is 11.3. The van der Waals surface area contributed by atoms with Crippen LogP contribution in [0.25, 0.3) is 0 Å². The maximum atomic E-state index is 9.55. The average molecular weight is 306 g/mol. The number of hydrogen-bond donors (Lipinski definition) is 1. The number of anilines is 1. The molecule has 0 aromatic heterocycles. The van der Waals surface area contributed by atoms with E-state index in [1.54, 1.807) is 5.01 Å². The van der Waals surface area contributed by atoms with Gasteiger partial charge in [-0.25, -0.2) is 5.01 Å². The monoisotopic (exact) mass is 306 g/mol. The van der Waals surface area contributed by atoms with E-state index in [2.05, 4.69) is 17.2 Å². The summed E-state index contributed by atoms with van der Waals surface area (Å²) in [4.78, 5) is 0. The summed E-state index contributed by atoms with van der Waals surface area (Å²) < 4.78 is 5.46. The van der Waals surface area contributed by atoms with Gasteiger partial charge in [-0.05, 0) is 49.0 Å². The standard InChI is InChI=1S/C18H18N4O/c19-10-15-14-8-9-23-11-16(14)21-22(18(15)20)17-7-3-5-12-4-1-2-6-13(12)17/h3,5,7-8H,1-2,4,6,9,11,20H2. The van der Waals surface area contributed by atoms with Gasteiger partial charge in [0.25, 0.3) is 0 Å². The van der Waals surface area contributed by atoms with Gasteiger partial charge in [-0.2, -0.15) is 10.4 Å². The Bertz CT molecular complexity index is 798. The van der Waals surface area contributed by atoms with E-state index in [9.17, 15) is 5.26 Å². The van der Waals surface area contributed by atoms with Crippen molar-refractivity contribution >= 4 is 11.4 Å². The predicted molar refractivity (Wildman–Crippen MR) is 88.7 cm³/mol. The molecule has 2 aliphatic heterocycles. The number of ether oxygens (including phenoxy) is 1. The number of nitriles is 1. The molecule has 0 amide bonds. The van der Waals surface area contributed by atoms with Gasteiger partial charge in [0.15, 0.2) is 0 Å².